The lowest BCUT2D eigenvalue weighted by Crippen LogP contribution is -2.14. The fourth-order valence-electron chi connectivity index (χ4n) is 3.36. The molecule has 0 bridgehead atoms. The third kappa shape index (κ3) is 2.03. The second-order valence-electron chi connectivity index (χ2n) is 6.19. The van der Waals surface area contributed by atoms with Crippen LogP contribution in [0.2, 0.25) is 0 Å². The molecule has 0 aliphatic heterocycles. The van der Waals surface area contributed by atoms with Crippen LogP contribution in [0.15, 0.2) is 41.0 Å². The van der Waals surface area contributed by atoms with Crippen LogP contribution in [0.5, 0.6) is 0 Å². The first-order chi connectivity index (χ1) is 9.49. The molecule has 3 rings (SSSR count). The SMILES string of the molecule is CC1CC(C)(C)c2cccc(NC(=O)c3ccco3)c21. The summed E-state index contributed by atoms with van der Waals surface area (Å²) in [7, 11) is 0. The van der Waals surface area contributed by atoms with E-state index in [2.05, 4.69) is 32.2 Å². The quantitative estimate of drug-likeness (QED) is 0.882. The van der Waals surface area contributed by atoms with Gasteiger partial charge in [-0.25, -0.2) is 0 Å². The minimum Gasteiger partial charge on any atom is -0.459 e. The molecule has 1 aliphatic rings. The average molecular weight is 269 g/mol. The third-order valence-electron chi connectivity index (χ3n) is 4.14. The molecule has 0 radical (unpaired) electrons. The lowest BCUT2D eigenvalue weighted by atomic mass is 9.86. The van der Waals surface area contributed by atoms with Crippen molar-refractivity contribution in [3.8, 4) is 0 Å². The number of hydrogen-bond acceptors (Lipinski definition) is 2. The summed E-state index contributed by atoms with van der Waals surface area (Å²) in [6.07, 6.45) is 2.62. The molecule has 2 aromatic rings. The van der Waals surface area contributed by atoms with Crippen LogP contribution in [0.4, 0.5) is 5.69 Å². The number of amides is 1. The van der Waals surface area contributed by atoms with E-state index >= 15 is 0 Å². The summed E-state index contributed by atoms with van der Waals surface area (Å²) in [6, 6.07) is 9.54. The Morgan fingerprint density at radius 1 is 1.30 bits per heavy atom. The number of furan rings is 1. The standard InChI is InChI=1S/C17H19NO2/c1-11-10-17(2,3)12-6-4-7-13(15(11)12)18-16(19)14-8-5-9-20-14/h4-9,11H,10H2,1-3H3,(H,18,19). The second-order valence-corrected chi connectivity index (χ2v) is 6.19. The Morgan fingerprint density at radius 3 is 2.80 bits per heavy atom. The minimum atomic E-state index is -0.194. The van der Waals surface area contributed by atoms with E-state index in [0.29, 0.717) is 11.7 Å². The van der Waals surface area contributed by atoms with Crippen LogP contribution in [0.1, 0.15) is 54.8 Å². The summed E-state index contributed by atoms with van der Waals surface area (Å²) in [5, 5.41) is 2.98. The molecule has 0 spiro atoms. The highest BCUT2D eigenvalue weighted by Crippen LogP contribution is 2.48. The molecule has 1 unspecified atom stereocenters. The lowest BCUT2D eigenvalue weighted by molar-refractivity contribution is 0.0996. The van der Waals surface area contributed by atoms with Crippen LogP contribution in [0.25, 0.3) is 0 Å². The molecule has 0 fully saturated rings. The molecule has 0 saturated heterocycles. The number of anilines is 1. The maximum absolute atomic E-state index is 12.1. The molecule has 104 valence electrons. The Morgan fingerprint density at radius 2 is 2.10 bits per heavy atom. The van der Waals surface area contributed by atoms with Crippen molar-refractivity contribution in [2.24, 2.45) is 0 Å². The maximum Gasteiger partial charge on any atom is 0.291 e. The van der Waals surface area contributed by atoms with Crippen LogP contribution in [0, 0.1) is 0 Å². The highest BCUT2D eigenvalue weighted by Gasteiger charge is 2.36. The summed E-state index contributed by atoms with van der Waals surface area (Å²) < 4.78 is 5.14. The van der Waals surface area contributed by atoms with Crippen molar-refractivity contribution < 1.29 is 9.21 Å². The summed E-state index contributed by atoms with van der Waals surface area (Å²) >= 11 is 0. The Labute approximate surface area is 119 Å². The molecule has 20 heavy (non-hydrogen) atoms. The van der Waals surface area contributed by atoms with Crippen LogP contribution in [0.3, 0.4) is 0 Å². The summed E-state index contributed by atoms with van der Waals surface area (Å²) in [5.74, 6) is 0.598. The van der Waals surface area contributed by atoms with Gasteiger partial charge in [-0.05, 0) is 47.1 Å². The molecule has 1 aromatic heterocycles. The Kier molecular flexibility index (Phi) is 2.93. The van der Waals surface area contributed by atoms with Crippen LogP contribution >= 0.6 is 0 Å². The number of hydrogen-bond donors (Lipinski definition) is 1. The number of carbonyl (C=O) groups is 1. The predicted octanol–water partition coefficient (Wildman–Crippen LogP) is 4.32. The highest BCUT2D eigenvalue weighted by molar-refractivity contribution is 6.02. The first-order valence-corrected chi connectivity index (χ1v) is 6.97. The van der Waals surface area contributed by atoms with Gasteiger partial charge in [0.15, 0.2) is 5.76 Å². The van der Waals surface area contributed by atoms with Crippen molar-refractivity contribution in [1.29, 1.82) is 0 Å². The summed E-state index contributed by atoms with van der Waals surface area (Å²) in [5.41, 5.74) is 3.67. The van der Waals surface area contributed by atoms with E-state index in [1.165, 1.54) is 17.4 Å². The molecule has 1 aliphatic carbocycles. The van der Waals surface area contributed by atoms with Crippen molar-refractivity contribution in [2.45, 2.75) is 38.5 Å². The molecule has 1 aromatic carbocycles. The van der Waals surface area contributed by atoms with E-state index in [1.807, 2.05) is 12.1 Å². The zero-order chi connectivity index (χ0) is 14.3. The van der Waals surface area contributed by atoms with Gasteiger partial charge in [-0.2, -0.15) is 0 Å². The number of benzene rings is 1. The first-order valence-electron chi connectivity index (χ1n) is 6.97. The van der Waals surface area contributed by atoms with E-state index in [-0.39, 0.29) is 11.3 Å². The van der Waals surface area contributed by atoms with Crippen LogP contribution in [-0.2, 0) is 5.41 Å². The zero-order valence-electron chi connectivity index (χ0n) is 12.1. The highest BCUT2D eigenvalue weighted by atomic mass is 16.3. The minimum absolute atomic E-state index is 0.167. The van der Waals surface area contributed by atoms with Gasteiger partial charge in [0.25, 0.3) is 5.91 Å². The Bertz CT molecular complexity index is 641. The molecule has 1 atom stereocenters. The molecule has 1 N–H and O–H groups in total. The maximum atomic E-state index is 12.1. The van der Waals surface area contributed by atoms with Gasteiger partial charge >= 0.3 is 0 Å². The fourth-order valence-corrected chi connectivity index (χ4v) is 3.36. The normalized spacial score (nSPS) is 19.6. The van der Waals surface area contributed by atoms with Crippen molar-refractivity contribution in [3.63, 3.8) is 0 Å². The molecule has 1 heterocycles. The van der Waals surface area contributed by atoms with Gasteiger partial charge in [0.1, 0.15) is 0 Å². The van der Waals surface area contributed by atoms with E-state index in [9.17, 15) is 4.79 Å². The van der Waals surface area contributed by atoms with E-state index in [0.717, 1.165) is 12.1 Å². The number of rotatable bonds is 2. The van der Waals surface area contributed by atoms with Crippen LogP contribution < -0.4 is 5.32 Å². The predicted molar refractivity (Wildman–Crippen MR) is 79.2 cm³/mol. The van der Waals surface area contributed by atoms with Gasteiger partial charge in [-0.3, -0.25) is 4.79 Å². The summed E-state index contributed by atoms with van der Waals surface area (Å²) in [4.78, 5) is 12.1. The van der Waals surface area contributed by atoms with E-state index in [4.69, 9.17) is 4.42 Å². The lowest BCUT2D eigenvalue weighted by Gasteiger charge is -2.19. The van der Waals surface area contributed by atoms with Crippen molar-refractivity contribution in [2.75, 3.05) is 5.32 Å². The topological polar surface area (TPSA) is 42.2 Å². The molecular weight excluding hydrogens is 250 g/mol. The molecule has 0 saturated carbocycles. The average Bonchev–Trinajstić information content (AvgIpc) is 2.98. The Balaban J connectivity index is 1.97. The fraction of sp³-hybridized carbons (Fsp3) is 0.353. The number of fused-ring (bicyclic) bond motifs is 1. The zero-order valence-corrected chi connectivity index (χ0v) is 12.1. The van der Waals surface area contributed by atoms with Gasteiger partial charge in [-0.1, -0.05) is 32.9 Å². The van der Waals surface area contributed by atoms with Gasteiger partial charge in [-0.15, -0.1) is 0 Å². The smallest absolute Gasteiger partial charge is 0.291 e. The van der Waals surface area contributed by atoms with Gasteiger partial charge in [0.2, 0.25) is 0 Å². The number of carbonyl (C=O) groups excluding carboxylic acids is 1. The first kappa shape index (κ1) is 13.0. The summed E-state index contributed by atoms with van der Waals surface area (Å²) in [6.45, 7) is 6.73. The van der Waals surface area contributed by atoms with E-state index < -0.39 is 0 Å². The van der Waals surface area contributed by atoms with Crippen molar-refractivity contribution in [1.82, 2.24) is 0 Å². The third-order valence-corrected chi connectivity index (χ3v) is 4.14. The molecule has 1 amide bonds. The van der Waals surface area contributed by atoms with Crippen LogP contribution in [-0.4, -0.2) is 5.91 Å². The van der Waals surface area contributed by atoms with Crippen molar-refractivity contribution in [3.05, 3.63) is 53.5 Å². The molecule has 3 heteroatoms. The molecular formula is C17H19NO2. The molecule has 3 nitrogen and oxygen atoms in total. The Hall–Kier alpha value is -2.03. The second kappa shape index (κ2) is 4.51. The van der Waals surface area contributed by atoms with Gasteiger partial charge in [0.05, 0.1) is 6.26 Å². The van der Waals surface area contributed by atoms with Gasteiger partial charge in [0, 0.05) is 5.69 Å². The largest absolute Gasteiger partial charge is 0.459 e. The number of nitrogens with one attached hydrogen (secondary N) is 1. The van der Waals surface area contributed by atoms with Crippen molar-refractivity contribution >= 4 is 11.6 Å². The monoisotopic (exact) mass is 269 g/mol. The van der Waals surface area contributed by atoms with Gasteiger partial charge < -0.3 is 9.73 Å². The van der Waals surface area contributed by atoms with E-state index in [1.54, 1.807) is 12.1 Å².